The van der Waals surface area contributed by atoms with Gasteiger partial charge < -0.3 is 9.84 Å². The van der Waals surface area contributed by atoms with Gasteiger partial charge in [-0.25, -0.2) is 9.59 Å². The number of carbonyl (C=O) groups is 2. The molecule has 3 aromatic rings. The van der Waals surface area contributed by atoms with Crippen molar-refractivity contribution in [2.45, 2.75) is 25.0 Å². The third-order valence-corrected chi connectivity index (χ3v) is 6.63. The van der Waals surface area contributed by atoms with Crippen molar-refractivity contribution < 1.29 is 19.4 Å². The highest BCUT2D eigenvalue weighted by molar-refractivity contribution is 9.10. The number of ether oxygens (including phenoxy) is 1. The fourth-order valence-corrected chi connectivity index (χ4v) is 4.72. The smallest absolute Gasteiger partial charge is 0.339 e. The van der Waals surface area contributed by atoms with E-state index in [2.05, 4.69) is 45.1 Å². The normalized spacial score (nSPS) is 16.1. The molecule has 0 atom stereocenters. The van der Waals surface area contributed by atoms with Gasteiger partial charge in [-0.2, -0.15) is 0 Å². The molecule has 1 spiro atoms. The zero-order chi connectivity index (χ0) is 22.6. The van der Waals surface area contributed by atoms with Crippen LogP contribution in [0.1, 0.15) is 44.7 Å². The Hall–Kier alpha value is -2.67. The maximum Gasteiger partial charge on any atom is 0.339 e. The average Bonchev–Trinajstić information content (AvgIpc) is 3.08. The molecule has 0 unspecified atom stereocenters. The topological polar surface area (TPSA) is 66.8 Å². The Bertz CT molecular complexity index is 1110. The molecule has 0 saturated carbocycles. The van der Waals surface area contributed by atoms with E-state index in [4.69, 9.17) is 9.84 Å². The minimum Gasteiger partial charge on any atom is -0.478 e. The number of piperidine rings is 1. The Morgan fingerprint density at radius 2 is 1.55 bits per heavy atom. The number of fused-ring (bicyclic) bond motifs is 2. The van der Waals surface area contributed by atoms with Crippen molar-refractivity contribution in [3.05, 3.63) is 106 Å². The molecule has 2 heterocycles. The first-order valence-electron chi connectivity index (χ1n) is 10.6. The van der Waals surface area contributed by atoms with E-state index in [1.165, 1.54) is 5.56 Å². The highest BCUT2D eigenvalue weighted by Gasteiger charge is 2.46. The number of rotatable bonds is 3. The largest absolute Gasteiger partial charge is 0.478 e. The lowest BCUT2D eigenvalue weighted by molar-refractivity contribution is -0.0440. The lowest BCUT2D eigenvalue weighted by Gasteiger charge is -2.38. The summed E-state index contributed by atoms with van der Waals surface area (Å²) in [5.41, 5.74) is 3.07. The van der Waals surface area contributed by atoms with E-state index in [1.807, 2.05) is 30.3 Å². The van der Waals surface area contributed by atoms with Gasteiger partial charge in [-0.1, -0.05) is 60.7 Å². The fraction of sp³-hybridized carbons (Fsp3) is 0.231. The molecule has 0 radical (unpaired) electrons. The predicted molar refractivity (Wildman–Crippen MR) is 133 cm³/mol. The van der Waals surface area contributed by atoms with Crippen LogP contribution < -0.4 is 0 Å². The van der Waals surface area contributed by atoms with Gasteiger partial charge in [0, 0.05) is 42.5 Å². The Kier molecular flexibility index (Phi) is 8.30. The van der Waals surface area contributed by atoms with Crippen LogP contribution in [-0.2, 0) is 16.9 Å². The monoisotopic (exact) mass is 529 g/mol. The van der Waals surface area contributed by atoms with Gasteiger partial charge in [-0.15, -0.1) is 12.4 Å². The average molecular weight is 531 g/mol. The van der Waals surface area contributed by atoms with E-state index in [1.54, 1.807) is 24.3 Å². The number of carboxylic acid groups (broad SMARTS) is 1. The number of halogens is 2. The van der Waals surface area contributed by atoms with E-state index >= 15 is 0 Å². The molecule has 1 fully saturated rings. The summed E-state index contributed by atoms with van der Waals surface area (Å²) < 4.78 is 6.41. The fourth-order valence-electron chi connectivity index (χ4n) is 4.27. The van der Waals surface area contributed by atoms with Crippen LogP contribution >= 0.6 is 28.3 Å². The van der Waals surface area contributed by atoms with Gasteiger partial charge in [-0.05, 0) is 39.7 Å². The molecule has 3 aromatic carbocycles. The van der Waals surface area contributed by atoms with Gasteiger partial charge >= 0.3 is 11.9 Å². The zero-order valence-corrected chi connectivity index (χ0v) is 20.3. The van der Waals surface area contributed by atoms with E-state index < -0.39 is 5.97 Å². The molecule has 2 aliphatic rings. The molecule has 33 heavy (non-hydrogen) atoms. The highest BCUT2D eigenvalue weighted by atomic mass is 79.9. The van der Waals surface area contributed by atoms with Crippen LogP contribution in [0.5, 0.6) is 0 Å². The van der Waals surface area contributed by atoms with Crippen molar-refractivity contribution in [2.75, 3.05) is 13.1 Å². The van der Waals surface area contributed by atoms with Crippen molar-refractivity contribution in [3.8, 4) is 0 Å². The molecule has 7 heteroatoms. The third-order valence-electron chi connectivity index (χ3n) is 5.94. The summed E-state index contributed by atoms with van der Waals surface area (Å²) in [7, 11) is 0. The molecule has 5 nitrogen and oxygen atoms in total. The molecule has 0 bridgehead atoms. The van der Waals surface area contributed by atoms with E-state index in [0.717, 1.165) is 43.6 Å². The van der Waals surface area contributed by atoms with Crippen LogP contribution in [0.15, 0.2) is 83.3 Å². The van der Waals surface area contributed by atoms with E-state index in [0.29, 0.717) is 10.0 Å². The van der Waals surface area contributed by atoms with E-state index in [9.17, 15) is 9.59 Å². The highest BCUT2D eigenvalue weighted by Crippen LogP contribution is 2.44. The van der Waals surface area contributed by atoms with Crippen molar-refractivity contribution in [1.29, 1.82) is 0 Å². The SMILES string of the molecule is Cl.O=C(O)c1ccccc1Br.O=C1OC2(CCN(Cc3ccccc3)CC2)c2ccccc21. The molecule has 5 rings (SSSR count). The molecule has 0 aliphatic carbocycles. The summed E-state index contributed by atoms with van der Waals surface area (Å²) in [5.74, 6) is -1.07. The Morgan fingerprint density at radius 3 is 2.18 bits per heavy atom. The number of nitrogens with zero attached hydrogens (tertiary/aromatic N) is 1. The molecule has 0 aromatic heterocycles. The summed E-state index contributed by atoms with van der Waals surface area (Å²) in [6, 6.07) is 25.1. The van der Waals surface area contributed by atoms with Crippen molar-refractivity contribution >= 4 is 40.3 Å². The number of carboxylic acids is 1. The molecule has 172 valence electrons. The number of esters is 1. The predicted octanol–water partition coefficient (Wildman–Crippen LogP) is 5.92. The molecule has 1 saturated heterocycles. The molecule has 1 N–H and O–H groups in total. The molecular weight excluding hydrogens is 506 g/mol. The van der Waals surface area contributed by atoms with Gasteiger partial charge in [0.15, 0.2) is 0 Å². The number of carbonyl (C=O) groups excluding carboxylic acids is 1. The minimum atomic E-state index is -0.910. The van der Waals surface area contributed by atoms with Crippen molar-refractivity contribution in [3.63, 3.8) is 0 Å². The Balaban J connectivity index is 0.000000237. The van der Waals surface area contributed by atoms with Gasteiger partial charge in [0.2, 0.25) is 0 Å². The summed E-state index contributed by atoms with van der Waals surface area (Å²) in [5, 5.41) is 8.54. The second-order valence-electron chi connectivity index (χ2n) is 7.98. The lowest BCUT2D eigenvalue weighted by Crippen LogP contribution is -2.42. The van der Waals surface area contributed by atoms with E-state index in [-0.39, 0.29) is 24.0 Å². The molecule has 0 amide bonds. The van der Waals surface area contributed by atoms with Crippen LogP contribution in [0.25, 0.3) is 0 Å². The Labute approximate surface area is 207 Å². The maximum absolute atomic E-state index is 12.1. The number of hydrogen-bond donors (Lipinski definition) is 1. The summed E-state index contributed by atoms with van der Waals surface area (Å²) in [6.07, 6.45) is 1.76. The standard InChI is InChI=1S/C19H19NO2.C7H5BrO2.ClH/c21-18-16-8-4-5-9-17(16)19(22-18)10-12-20(13-11-19)14-15-6-2-1-3-7-15;8-6-4-2-1-3-5(6)7(9)10;/h1-9H,10-14H2;1-4H,(H,9,10);1H. The second kappa shape index (κ2) is 11.0. The van der Waals surface area contributed by atoms with Crippen molar-refractivity contribution in [2.24, 2.45) is 0 Å². The summed E-state index contributed by atoms with van der Waals surface area (Å²) in [6.45, 7) is 2.87. The van der Waals surface area contributed by atoms with Gasteiger partial charge in [0.25, 0.3) is 0 Å². The van der Waals surface area contributed by atoms with Crippen LogP contribution in [0.3, 0.4) is 0 Å². The third kappa shape index (κ3) is 5.64. The van der Waals surface area contributed by atoms with Gasteiger partial charge in [-0.3, -0.25) is 4.90 Å². The minimum absolute atomic E-state index is 0. The Morgan fingerprint density at radius 1 is 0.939 bits per heavy atom. The lowest BCUT2D eigenvalue weighted by atomic mass is 9.83. The summed E-state index contributed by atoms with van der Waals surface area (Å²) >= 11 is 3.12. The van der Waals surface area contributed by atoms with Gasteiger partial charge in [0.05, 0.1) is 11.1 Å². The maximum atomic E-state index is 12.1. The number of benzene rings is 3. The first-order valence-corrected chi connectivity index (χ1v) is 11.3. The van der Waals surface area contributed by atoms with Crippen LogP contribution in [0.2, 0.25) is 0 Å². The number of hydrogen-bond acceptors (Lipinski definition) is 4. The zero-order valence-electron chi connectivity index (χ0n) is 17.9. The summed E-state index contributed by atoms with van der Waals surface area (Å²) in [4.78, 5) is 24.9. The first kappa shape index (κ1) is 25.0. The number of likely N-dealkylation sites (tertiary alicyclic amines) is 1. The second-order valence-corrected chi connectivity index (χ2v) is 8.83. The van der Waals surface area contributed by atoms with Crippen LogP contribution in [-0.4, -0.2) is 35.0 Å². The molecular formula is C26H25BrClNO4. The first-order chi connectivity index (χ1) is 15.5. The molecule has 2 aliphatic heterocycles. The quantitative estimate of drug-likeness (QED) is 0.426. The van der Waals surface area contributed by atoms with Crippen LogP contribution in [0, 0.1) is 0 Å². The van der Waals surface area contributed by atoms with Gasteiger partial charge in [0.1, 0.15) is 5.60 Å². The number of aromatic carboxylic acids is 1. The van der Waals surface area contributed by atoms with Crippen LogP contribution in [0.4, 0.5) is 0 Å². The van der Waals surface area contributed by atoms with Crippen molar-refractivity contribution in [1.82, 2.24) is 4.90 Å².